The van der Waals surface area contributed by atoms with E-state index in [2.05, 4.69) is 10.3 Å². The van der Waals surface area contributed by atoms with Gasteiger partial charge < -0.3 is 11.1 Å². The molecule has 18 heavy (non-hydrogen) atoms. The zero-order valence-corrected chi connectivity index (χ0v) is 11.7. The minimum Gasteiger partial charge on any atom is -0.350 e. The van der Waals surface area contributed by atoms with Crippen molar-refractivity contribution in [3.8, 4) is 0 Å². The lowest BCUT2D eigenvalue weighted by Gasteiger charge is -2.04. The van der Waals surface area contributed by atoms with E-state index in [9.17, 15) is 4.79 Å². The average molecular weight is 286 g/mol. The van der Waals surface area contributed by atoms with Crippen LogP contribution in [0.5, 0.6) is 0 Å². The second-order valence-electron chi connectivity index (χ2n) is 4.03. The molecule has 0 aliphatic heterocycles. The highest BCUT2D eigenvalue weighted by Crippen LogP contribution is 2.21. The average Bonchev–Trinajstić information content (AvgIpc) is 2.68. The van der Waals surface area contributed by atoms with Crippen LogP contribution in [0.3, 0.4) is 0 Å². The number of thiazole rings is 1. The molecule has 1 aromatic heterocycles. The molecule has 1 unspecified atom stereocenters. The molecule has 3 N–H and O–H groups in total. The molecule has 0 bridgehead atoms. The van der Waals surface area contributed by atoms with Gasteiger partial charge >= 0.3 is 0 Å². The minimum atomic E-state index is -0.106. The first-order chi connectivity index (χ1) is 8.15. The summed E-state index contributed by atoms with van der Waals surface area (Å²) >= 11 is 1.60. The summed E-state index contributed by atoms with van der Waals surface area (Å²) in [5.74, 6) is -0.0285. The summed E-state index contributed by atoms with van der Waals surface area (Å²) in [7, 11) is 0. The Morgan fingerprint density at radius 1 is 1.50 bits per heavy atom. The number of fused-ring (bicyclic) bond motifs is 1. The smallest absolute Gasteiger partial charge is 0.221 e. The van der Waals surface area contributed by atoms with Crippen LogP contribution in [0.2, 0.25) is 0 Å². The van der Waals surface area contributed by atoms with Crippen LogP contribution in [0.25, 0.3) is 10.2 Å². The van der Waals surface area contributed by atoms with Gasteiger partial charge in [-0.1, -0.05) is 12.1 Å². The Kier molecular flexibility index (Phi) is 5.53. The maximum absolute atomic E-state index is 11.4. The highest BCUT2D eigenvalue weighted by atomic mass is 35.5. The number of aromatic nitrogens is 1. The van der Waals surface area contributed by atoms with Crippen molar-refractivity contribution >= 4 is 39.9 Å². The lowest BCUT2D eigenvalue weighted by Crippen LogP contribution is -2.29. The number of benzene rings is 1. The summed E-state index contributed by atoms with van der Waals surface area (Å²) in [5.41, 5.74) is 6.53. The van der Waals surface area contributed by atoms with Gasteiger partial charge in [0.1, 0.15) is 5.01 Å². The molecule has 0 fully saturated rings. The molecule has 0 aliphatic carbocycles. The molecule has 1 heterocycles. The molecule has 6 heteroatoms. The lowest BCUT2D eigenvalue weighted by molar-refractivity contribution is -0.121. The van der Waals surface area contributed by atoms with Gasteiger partial charge in [-0.05, 0) is 19.1 Å². The normalized spacial score (nSPS) is 11.9. The van der Waals surface area contributed by atoms with E-state index in [1.165, 1.54) is 0 Å². The van der Waals surface area contributed by atoms with E-state index in [0.29, 0.717) is 13.0 Å². The molecule has 0 aliphatic rings. The summed E-state index contributed by atoms with van der Waals surface area (Å²) in [4.78, 5) is 15.9. The fraction of sp³-hybridized carbons (Fsp3) is 0.333. The van der Waals surface area contributed by atoms with E-state index >= 15 is 0 Å². The SMILES string of the molecule is CC(N)CC(=O)NCc1nc2ccccc2s1.Cl. The highest BCUT2D eigenvalue weighted by Gasteiger charge is 2.07. The van der Waals surface area contributed by atoms with Gasteiger partial charge in [-0.25, -0.2) is 4.98 Å². The van der Waals surface area contributed by atoms with Crippen molar-refractivity contribution in [3.63, 3.8) is 0 Å². The summed E-state index contributed by atoms with van der Waals surface area (Å²) in [6.45, 7) is 2.29. The number of halogens is 1. The number of nitrogens with two attached hydrogens (primary N) is 1. The lowest BCUT2D eigenvalue weighted by atomic mass is 10.2. The van der Waals surface area contributed by atoms with Gasteiger partial charge in [0, 0.05) is 12.5 Å². The summed E-state index contributed by atoms with van der Waals surface area (Å²) < 4.78 is 1.14. The van der Waals surface area contributed by atoms with Crippen LogP contribution in [-0.2, 0) is 11.3 Å². The number of nitrogens with one attached hydrogen (secondary N) is 1. The molecule has 1 amide bonds. The molecule has 4 nitrogen and oxygen atoms in total. The number of carbonyl (C=O) groups is 1. The van der Waals surface area contributed by atoms with Gasteiger partial charge in [0.05, 0.1) is 16.8 Å². The van der Waals surface area contributed by atoms with Crippen LogP contribution in [0.4, 0.5) is 0 Å². The first kappa shape index (κ1) is 14.9. The highest BCUT2D eigenvalue weighted by molar-refractivity contribution is 7.18. The summed E-state index contributed by atoms with van der Waals surface area (Å²) in [6.07, 6.45) is 0.352. The zero-order valence-electron chi connectivity index (χ0n) is 10.1. The third kappa shape index (κ3) is 3.94. The fourth-order valence-corrected chi connectivity index (χ4v) is 2.44. The van der Waals surface area contributed by atoms with E-state index in [1.807, 2.05) is 31.2 Å². The Bertz CT molecular complexity index is 494. The topological polar surface area (TPSA) is 68.0 Å². The summed E-state index contributed by atoms with van der Waals surface area (Å²) in [6, 6.07) is 7.84. The van der Waals surface area contributed by atoms with Crippen LogP contribution < -0.4 is 11.1 Å². The third-order valence-electron chi connectivity index (χ3n) is 2.28. The van der Waals surface area contributed by atoms with Crippen molar-refractivity contribution in [2.75, 3.05) is 0 Å². The Morgan fingerprint density at radius 3 is 2.89 bits per heavy atom. The molecule has 0 spiro atoms. The molecule has 2 rings (SSSR count). The van der Waals surface area contributed by atoms with Gasteiger partial charge in [-0.2, -0.15) is 0 Å². The zero-order chi connectivity index (χ0) is 12.3. The first-order valence-corrected chi connectivity index (χ1v) is 6.33. The van der Waals surface area contributed by atoms with Crippen LogP contribution >= 0.6 is 23.7 Å². The van der Waals surface area contributed by atoms with Gasteiger partial charge in [0.15, 0.2) is 0 Å². The maximum atomic E-state index is 11.4. The number of nitrogens with zero attached hydrogens (tertiary/aromatic N) is 1. The number of hydrogen-bond acceptors (Lipinski definition) is 4. The van der Waals surface area contributed by atoms with Gasteiger partial charge in [0.2, 0.25) is 5.91 Å². The Balaban J connectivity index is 0.00000162. The van der Waals surface area contributed by atoms with Crippen LogP contribution in [0, 0.1) is 0 Å². The van der Waals surface area contributed by atoms with Gasteiger partial charge in [-0.3, -0.25) is 4.79 Å². The standard InChI is InChI=1S/C12H15N3OS.ClH/c1-8(13)6-11(16)14-7-12-15-9-4-2-3-5-10(9)17-12;/h2-5,8H,6-7,13H2,1H3,(H,14,16);1H. The summed E-state index contributed by atoms with van der Waals surface area (Å²) in [5, 5.41) is 3.74. The quantitative estimate of drug-likeness (QED) is 0.904. The van der Waals surface area contributed by atoms with Crippen LogP contribution in [-0.4, -0.2) is 16.9 Å². The van der Waals surface area contributed by atoms with Gasteiger partial charge in [0.25, 0.3) is 0 Å². The molecular formula is C12H16ClN3OS. The number of amides is 1. The second-order valence-corrected chi connectivity index (χ2v) is 5.15. The third-order valence-corrected chi connectivity index (χ3v) is 3.32. The Morgan fingerprint density at radius 2 is 2.22 bits per heavy atom. The van der Waals surface area contributed by atoms with Gasteiger partial charge in [-0.15, -0.1) is 23.7 Å². The van der Waals surface area contributed by atoms with Crippen LogP contribution in [0.1, 0.15) is 18.4 Å². The molecule has 1 aromatic carbocycles. The molecule has 1 atom stereocenters. The van der Waals surface area contributed by atoms with Crippen molar-refractivity contribution in [3.05, 3.63) is 29.3 Å². The monoisotopic (exact) mass is 285 g/mol. The fourth-order valence-electron chi connectivity index (χ4n) is 1.53. The van der Waals surface area contributed by atoms with Crippen molar-refractivity contribution < 1.29 is 4.79 Å². The number of para-hydroxylation sites is 1. The molecule has 0 radical (unpaired) electrons. The Hall–Kier alpha value is -1.17. The van der Waals surface area contributed by atoms with E-state index in [-0.39, 0.29) is 24.4 Å². The molecule has 2 aromatic rings. The van der Waals surface area contributed by atoms with E-state index in [1.54, 1.807) is 11.3 Å². The number of rotatable bonds is 4. The van der Waals surface area contributed by atoms with E-state index in [0.717, 1.165) is 15.2 Å². The second kappa shape index (κ2) is 6.68. The first-order valence-electron chi connectivity index (χ1n) is 5.52. The Labute approximate surface area is 116 Å². The van der Waals surface area contributed by atoms with E-state index < -0.39 is 0 Å². The maximum Gasteiger partial charge on any atom is 0.221 e. The predicted octanol–water partition coefficient (Wildman–Crippen LogP) is 2.07. The number of carbonyl (C=O) groups excluding carboxylic acids is 1. The predicted molar refractivity (Wildman–Crippen MR) is 77.0 cm³/mol. The van der Waals surface area contributed by atoms with Crippen molar-refractivity contribution in [1.29, 1.82) is 0 Å². The van der Waals surface area contributed by atoms with E-state index in [4.69, 9.17) is 5.73 Å². The van der Waals surface area contributed by atoms with Crippen molar-refractivity contribution in [2.24, 2.45) is 5.73 Å². The minimum absolute atomic E-state index is 0. The van der Waals surface area contributed by atoms with Crippen LogP contribution in [0.15, 0.2) is 24.3 Å². The van der Waals surface area contributed by atoms with Crippen molar-refractivity contribution in [1.82, 2.24) is 10.3 Å². The molecule has 98 valence electrons. The molecule has 0 saturated heterocycles. The molecule has 0 saturated carbocycles. The molecular weight excluding hydrogens is 270 g/mol. The number of hydrogen-bond donors (Lipinski definition) is 2. The van der Waals surface area contributed by atoms with Crippen molar-refractivity contribution in [2.45, 2.75) is 25.9 Å². The largest absolute Gasteiger partial charge is 0.350 e.